The smallest absolute Gasteiger partial charge is 0.310 e. The lowest BCUT2D eigenvalue weighted by atomic mass is 10.2. The van der Waals surface area contributed by atoms with Crippen molar-refractivity contribution in [3.63, 3.8) is 0 Å². The van der Waals surface area contributed by atoms with Gasteiger partial charge in [0.25, 0.3) is 0 Å². The summed E-state index contributed by atoms with van der Waals surface area (Å²) in [5.74, 6) is 0.719. The van der Waals surface area contributed by atoms with Crippen LogP contribution in [0.5, 0.6) is 0 Å². The number of esters is 1. The number of cyclic esters (lactones) is 1. The van der Waals surface area contributed by atoms with Crippen LogP contribution in [-0.2, 0) is 9.53 Å². The van der Waals surface area contributed by atoms with Crippen LogP contribution in [0.25, 0.3) is 0 Å². The van der Waals surface area contributed by atoms with E-state index < -0.39 is 0 Å². The summed E-state index contributed by atoms with van der Waals surface area (Å²) in [6, 6.07) is 0. The van der Waals surface area contributed by atoms with Gasteiger partial charge in [-0.05, 0) is 29.0 Å². The molecule has 50 valence electrons. The highest BCUT2D eigenvalue weighted by atomic mass is 127. The van der Waals surface area contributed by atoms with E-state index in [0.29, 0.717) is 6.42 Å². The van der Waals surface area contributed by atoms with E-state index >= 15 is 0 Å². The molecule has 1 rings (SSSR count). The molecule has 0 bridgehead atoms. The van der Waals surface area contributed by atoms with Gasteiger partial charge in [0.05, 0.1) is 0 Å². The molecule has 0 saturated carbocycles. The van der Waals surface area contributed by atoms with Gasteiger partial charge < -0.3 is 4.74 Å². The zero-order valence-corrected chi connectivity index (χ0v) is 7.05. The van der Waals surface area contributed by atoms with E-state index in [4.69, 9.17) is 4.74 Å². The Bertz CT molecular complexity index is 151. The number of ether oxygens (including phenoxy) is 1. The molecule has 0 aromatic rings. The largest absolute Gasteiger partial charge is 0.431 e. The van der Waals surface area contributed by atoms with Crippen molar-refractivity contribution in [1.29, 1.82) is 0 Å². The van der Waals surface area contributed by atoms with Crippen molar-refractivity contribution in [3.8, 4) is 0 Å². The maximum Gasteiger partial charge on any atom is 0.310 e. The first kappa shape index (κ1) is 7.05. The van der Waals surface area contributed by atoms with E-state index in [-0.39, 0.29) is 5.97 Å². The number of hydrogen-bond acceptors (Lipinski definition) is 2. The van der Waals surface area contributed by atoms with E-state index in [2.05, 4.69) is 22.6 Å². The quantitative estimate of drug-likeness (QED) is 0.476. The van der Waals surface area contributed by atoms with Gasteiger partial charge in [-0.3, -0.25) is 4.79 Å². The summed E-state index contributed by atoms with van der Waals surface area (Å²) in [4.78, 5) is 10.6. The van der Waals surface area contributed by atoms with E-state index in [1.807, 2.05) is 4.08 Å². The molecule has 0 aliphatic carbocycles. The Morgan fingerprint density at radius 1 is 1.56 bits per heavy atom. The maximum atomic E-state index is 10.6. The van der Waals surface area contributed by atoms with Crippen molar-refractivity contribution in [2.45, 2.75) is 19.3 Å². The molecule has 0 spiro atoms. The molecule has 1 saturated heterocycles. The van der Waals surface area contributed by atoms with Gasteiger partial charge in [0.2, 0.25) is 0 Å². The molecule has 0 atom stereocenters. The van der Waals surface area contributed by atoms with Crippen LogP contribution in [0, 0.1) is 0 Å². The zero-order valence-electron chi connectivity index (χ0n) is 4.89. The summed E-state index contributed by atoms with van der Waals surface area (Å²) in [5, 5.41) is 0. The van der Waals surface area contributed by atoms with E-state index in [1.54, 1.807) is 0 Å². The Balaban J connectivity index is 2.51. The van der Waals surface area contributed by atoms with Crippen LogP contribution >= 0.6 is 22.6 Å². The van der Waals surface area contributed by atoms with Gasteiger partial charge >= 0.3 is 5.97 Å². The van der Waals surface area contributed by atoms with Gasteiger partial charge in [-0.2, -0.15) is 0 Å². The maximum absolute atomic E-state index is 10.6. The lowest BCUT2D eigenvalue weighted by Crippen LogP contribution is -2.09. The SMILES string of the molecule is O=C1CCC/C(=C\I)O1. The predicted octanol–water partition coefficient (Wildman–Crippen LogP) is 1.99. The van der Waals surface area contributed by atoms with Gasteiger partial charge in [-0.1, -0.05) is 0 Å². The highest BCUT2D eigenvalue weighted by Gasteiger charge is 2.12. The van der Waals surface area contributed by atoms with Crippen LogP contribution in [-0.4, -0.2) is 5.97 Å². The third kappa shape index (κ3) is 1.97. The van der Waals surface area contributed by atoms with Gasteiger partial charge in [-0.15, -0.1) is 0 Å². The van der Waals surface area contributed by atoms with Crippen molar-refractivity contribution >= 4 is 28.6 Å². The fourth-order valence-electron chi connectivity index (χ4n) is 0.732. The molecule has 9 heavy (non-hydrogen) atoms. The highest BCUT2D eigenvalue weighted by Crippen LogP contribution is 2.18. The summed E-state index contributed by atoms with van der Waals surface area (Å²) >= 11 is 2.08. The molecule has 0 N–H and O–H groups in total. The average Bonchev–Trinajstić information content (AvgIpc) is 1.88. The molecule has 0 radical (unpaired) electrons. The van der Waals surface area contributed by atoms with Crippen molar-refractivity contribution in [3.05, 3.63) is 9.84 Å². The van der Waals surface area contributed by atoms with Gasteiger partial charge in [-0.25, -0.2) is 0 Å². The highest BCUT2D eigenvalue weighted by molar-refractivity contribution is 14.1. The van der Waals surface area contributed by atoms with Crippen LogP contribution in [0.2, 0.25) is 0 Å². The Hall–Kier alpha value is -0.0600. The summed E-state index contributed by atoms with van der Waals surface area (Å²) < 4.78 is 6.66. The first-order valence-electron chi connectivity index (χ1n) is 2.83. The van der Waals surface area contributed by atoms with Crippen molar-refractivity contribution in [2.24, 2.45) is 0 Å². The molecular weight excluding hydrogens is 231 g/mol. The number of allylic oxidation sites excluding steroid dienone is 1. The average molecular weight is 238 g/mol. The topological polar surface area (TPSA) is 26.3 Å². The van der Waals surface area contributed by atoms with Gasteiger partial charge in [0.15, 0.2) is 0 Å². The monoisotopic (exact) mass is 238 g/mol. The number of carbonyl (C=O) groups is 1. The molecular formula is C6H7IO2. The second kappa shape index (κ2) is 3.20. The first-order chi connectivity index (χ1) is 4.33. The van der Waals surface area contributed by atoms with Crippen LogP contribution in [0.4, 0.5) is 0 Å². The molecule has 0 aromatic heterocycles. The summed E-state index contributed by atoms with van der Waals surface area (Å²) in [6.07, 6.45) is 2.43. The molecule has 1 aliphatic heterocycles. The lowest BCUT2D eigenvalue weighted by Gasteiger charge is -2.12. The third-order valence-electron chi connectivity index (χ3n) is 1.17. The van der Waals surface area contributed by atoms with Crippen LogP contribution < -0.4 is 0 Å². The summed E-state index contributed by atoms with van der Waals surface area (Å²) in [7, 11) is 0. The second-order valence-corrected chi connectivity index (χ2v) is 2.53. The minimum absolute atomic E-state index is 0.0934. The predicted molar refractivity (Wildman–Crippen MR) is 42.0 cm³/mol. The Kier molecular flexibility index (Phi) is 2.50. The molecule has 1 fully saturated rings. The van der Waals surface area contributed by atoms with Crippen LogP contribution in [0.15, 0.2) is 9.84 Å². The molecule has 1 heterocycles. The second-order valence-electron chi connectivity index (χ2n) is 1.90. The number of carbonyl (C=O) groups excluding carboxylic acids is 1. The third-order valence-corrected chi connectivity index (χ3v) is 1.87. The molecule has 0 unspecified atom stereocenters. The van der Waals surface area contributed by atoms with Crippen molar-refractivity contribution in [1.82, 2.24) is 0 Å². The number of hydrogen-bond donors (Lipinski definition) is 0. The normalized spacial score (nSPS) is 24.1. The molecule has 3 heteroatoms. The van der Waals surface area contributed by atoms with E-state index in [1.165, 1.54) is 0 Å². The lowest BCUT2D eigenvalue weighted by molar-refractivity contribution is -0.141. The molecule has 0 amide bonds. The van der Waals surface area contributed by atoms with E-state index in [9.17, 15) is 4.79 Å². The van der Waals surface area contributed by atoms with Crippen LogP contribution in [0.3, 0.4) is 0 Å². The van der Waals surface area contributed by atoms with E-state index in [0.717, 1.165) is 18.6 Å². The number of halogens is 1. The zero-order chi connectivity index (χ0) is 6.69. The fraction of sp³-hybridized carbons (Fsp3) is 0.500. The Morgan fingerprint density at radius 2 is 2.33 bits per heavy atom. The fourth-order valence-corrected chi connectivity index (χ4v) is 1.17. The molecule has 0 aromatic carbocycles. The summed E-state index contributed by atoms with van der Waals surface area (Å²) in [5.41, 5.74) is 0. The minimum atomic E-state index is -0.0934. The van der Waals surface area contributed by atoms with Gasteiger partial charge in [0.1, 0.15) is 5.76 Å². The Morgan fingerprint density at radius 3 is 2.78 bits per heavy atom. The van der Waals surface area contributed by atoms with Gasteiger partial charge in [0, 0.05) is 16.9 Å². The first-order valence-corrected chi connectivity index (χ1v) is 4.07. The number of rotatable bonds is 0. The standard InChI is InChI=1S/C6H7IO2/c7-4-5-2-1-3-6(8)9-5/h4H,1-3H2/b5-4+. The molecule has 1 aliphatic rings. The minimum Gasteiger partial charge on any atom is -0.431 e. The van der Waals surface area contributed by atoms with Crippen molar-refractivity contribution in [2.75, 3.05) is 0 Å². The van der Waals surface area contributed by atoms with Crippen LogP contribution in [0.1, 0.15) is 19.3 Å². The molecule has 2 nitrogen and oxygen atoms in total. The van der Waals surface area contributed by atoms with Crippen molar-refractivity contribution < 1.29 is 9.53 Å². The summed E-state index contributed by atoms with van der Waals surface area (Å²) in [6.45, 7) is 0. The Labute approximate surface area is 67.4 Å².